The van der Waals surface area contributed by atoms with E-state index in [4.69, 9.17) is 11.6 Å². The van der Waals surface area contributed by atoms with Crippen LogP contribution in [-0.2, 0) is 0 Å². The molecule has 6 heteroatoms. The van der Waals surface area contributed by atoms with Gasteiger partial charge in [-0.1, -0.05) is 13.3 Å². The Morgan fingerprint density at radius 1 is 0.905 bits per heavy atom. The molecule has 2 aliphatic heterocycles. The van der Waals surface area contributed by atoms with E-state index >= 15 is 0 Å². The number of nitrogens with zero attached hydrogens (tertiary/aromatic N) is 5. The lowest BCUT2D eigenvalue weighted by atomic mass is 9.98. The second kappa shape index (κ2) is 6.77. The van der Waals surface area contributed by atoms with Crippen LogP contribution in [0.2, 0.25) is 5.28 Å². The fraction of sp³-hybridized carbons (Fsp3) is 0.800. The summed E-state index contributed by atoms with van der Waals surface area (Å²) < 4.78 is 0. The van der Waals surface area contributed by atoms with E-state index < -0.39 is 0 Å². The summed E-state index contributed by atoms with van der Waals surface area (Å²) in [5, 5.41) is 0.318. The summed E-state index contributed by atoms with van der Waals surface area (Å²) in [5.74, 6) is 2.35. The minimum Gasteiger partial charge on any atom is -0.341 e. The van der Waals surface area contributed by atoms with Gasteiger partial charge in [0.2, 0.25) is 17.2 Å². The van der Waals surface area contributed by atoms with Crippen LogP contribution in [0.5, 0.6) is 0 Å². The zero-order chi connectivity index (χ0) is 14.7. The first-order chi connectivity index (χ1) is 10.3. The van der Waals surface area contributed by atoms with Gasteiger partial charge in [-0.25, -0.2) is 0 Å². The Balaban J connectivity index is 1.77. The Hall–Kier alpha value is -1.10. The smallest absolute Gasteiger partial charge is 0.231 e. The zero-order valence-electron chi connectivity index (χ0n) is 12.8. The lowest BCUT2D eigenvalue weighted by Gasteiger charge is -2.22. The first kappa shape index (κ1) is 14.8. The molecule has 0 aromatic carbocycles. The maximum atomic E-state index is 6.13. The molecule has 3 heterocycles. The van der Waals surface area contributed by atoms with Crippen LogP contribution in [0.3, 0.4) is 0 Å². The van der Waals surface area contributed by atoms with Crippen molar-refractivity contribution in [2.24, 2.45) is 5.92 Å². The van der Waals surface area contributed by atoms with Crippen molar-refractivity contribution in [2.45, 2.75) is 45.4 Å². The van der Waals surface area contributed by atoms with Gasteiger partial charge in [-0.3, -0.25) is 0 Å². The average Bonchev–Trinajstić information content (AvgIpc) is 2.91. The Morgan fingerprint density at radius 3 is 2.19 bits per heavy atom. The highest BCUT2D eigenvalue weighted by Gasteiger charge is 2.21. The van der Waals surface area contributed by atoms with E-state index in [2.05, 4.69) is 31.7 Å². The van der Waals surface area contributed by atoms with Crippen LogP contribution in [0.25, 0.3) is 0 Å². The van der Waals surface area contributed by atoms with Gasteiger partial charge in [0, 0.05) is 26.2 Å². The van der Waals surface area contributed by atoms with Gasteiger partial charge in [-0.05, 0) is 49.6 Å². The molecular weight excluding hydrogens is 286 g/mol. The van der Waals surface area contributed by atoms with Gasteiger partial charge in [0.05, 0.1) is 0 Å². The Labute approximate surface area is 131 Å². The van der Waals surface area contributed by atoms with Crippen molar-refractivity contribution in [1.82, 2.24) is 15.0 Å². The summed E-state index contributed by atoms with van der Waals surface area (Å²) in [5.41, 5.74) is 0. The average molecular weight is 310 g/mol. The normalized spacial score (nSPS) is 23.4. The van der Waals surface area contributed by atoms with Gasteiger partial charge in [0.1, 0.15) is 0 Å². The highest BCUT2D eigenvalue weighted by Crippen LogP contribution is 2.25. The predicted octanol–water partition coefficient (Wildman–Crippen LogP) is 3.14. The summed E-state index contributed by atoms with van der Waals surface area (Å²) in [6.07, 6.45) is 7.43. The molecular formula is C15H24ClN5. The molecule has 2 aliphatic rings. The molecule has 0 bridgehead atoms. The SMILES string of the molecule is CCC1CCCN(c2nc(Cl)nc(N3CCCC3)n2)CC1. The summed E-state index contributed by atoms with van der Waals surface area (Å²) in [6, 6.07) is 0. The molecule has 3 rings (SSSR count). The van der Waals surface area contributed by atoms with Crippen LogP contribution in [0.4, 0.5) is 11.9 Å². The van der Waals surface area contributed by atoms with Gasteiger partial charge < -0.3 is 9.80 Å². The van der Waals surface area contributed by atoms with Crippen LogP contribution < -0.4 is 9.80 Å². The second-order valence-electron chi connectivity index (χ2n) is 6.09. The number of rotatable bonds is 3. The molecule has 2 fully saturated rings. The molecule has 21 heavy (non-hydrogen) atoms. The third kappa shape index (κ3) is 3.57. The summed E-state index contributed by atoms with van der Waals surface area (Å²) in [6.45, 7) is 6.38. The maximum absolute atomic E-state index is 6.13. The molecule has 0 saturated carbocycles. The number of hydrogen-bond acceptors (Lipinski definition) is 5. The van der Waals surface area contributed by atoms with E-state index in [9.17, 15) is 0 Å². The van der Waals surface area contributed by atoms with E-state index in [1.54, 1.807) is 0 Å². The fourth-order valence-corrected chi connectivity index (χ4v) is 3.45. The minimum atomic E-state index is 0.318. The molecule has 0 aliphatic carbocycles. The summed E-state index contributed by atoms with van der Waals surface area (Å²) in [4.78, 5) is 17.8. The van der Waals surface area contributed by atoms with Crippen molar-refractivity contribution in [3.05, 3.63) is 5.28 Å². The molecule has 1 aromatic heterocycles. The van der Waals surface area contributed by atoms with Crippen LogP contribution >= 0.6 is 11.6 Å². The standard InChI is InChI=1S/C15H24ClN5/c1-2-12-6-5-10-21(11-7-12)15-18-13(16)17-14(19-15)20-8-3-4-9-20/h12H,2-11H2,1H3. The van der Waals surface area contributed by atoms with Crippen LogP contribution in [0, 0.1) is 5.92 Å². The van der Waals surface area contributed by atoms with E-state index in [0.717, 1.165) is 44.0 Å². The van der Waals surface area contributed by atoms with Crippen LogP contribution in [0.1, 0.15) is 45.4 Å². The quantitative estimate of drug-likeness (QED) is 0.858. The third-order valence-corrected chi connectivity index (χ3v) is 4.85. The van der Waals surface area contributed by atoms with Crippen LogP contribution in [-0.4, -0.2) is 41.1 Å². The van der Waals surface area contributed by atoms with E-state index in [1.807, 2.05) is 0 Å². The van der Waals surface area contributed by atoms with Gasteiger partial charge in [0.25, 0.3) is 0 Å². The molecule has 5 nitrogen and oxygen atoms in total. The molecule has 116 valence electrons. The van der Waals surface area contributed by atoms with Crippen molar-refractivity contribution >= 4 is 23.5 Å². The van der Waals surface area contributed by atoms with Crippen molar-refractivity contribution in [3.8, 4) is 0 Å². The molecule has 1 unspecified atom stereocenters. The predicted molar refractivity (Wildman–Crippen MR) is 86.1 cm³/mol. The minimum absolute atomic E-state index is 0.318. The topological polar surface area (TPSA) is 45.2 Å². The molecule has 0 spiro atoms. The van der Waals surface area contributed by atoms with Gasteiger partial charge in [-0.15, -0.1) is 0 Å². The monoisotopic (exact) mass is 309 g/mol. The summed E-state index contributed by atoms with van der Waals surface area (Å²) >= 11 is 6.13. The highest BCUT2D eigenvalue weighted by molar-refractivity contribution is 6.28. The van der Waals surface area contributed by atoms with Crippen molar-refractivity contribution in [3.63, 3.8) is 0 Å². The van der Waals surface area contributed by atoms with Crippen molar-refractivity contribution in [1.29, 1.82) is 0 Å². The molecule has 0 radical (unpaired) electrons. The number of aromatic nitrogens is 3. The number of hydrogen-bond donors (Lipinski definition) is 0. The second-order valence-corrected chi connectivity index (χ2v) is 6.43. The van der Waals surface area contributed by atoms with Crippen LogP contribution in [0.15, 0.2) is 0 Å². The Kier molecular flexibility index (Phi) is 4.78. The first-order valence-electron chi connectivity index (χ1n) is 8.17. The fourth-order valence-electron chi connectivity index (χ4n) is 3.30. The van der Waals surface area contributed by atoms with Crippen molar-refractivity contribution in [2.75, 3.05) is 36.0 Å². The van der Waals surface area contributed by atoms with E-state index in [1.165, 1.54) is 38.5 Å². The van der Waals surface area contributed by atoms with Gasteiger partial charge in [0.15, 0.2) is 0 Å². The molecule has 2 saturated heterocycles. The first-order valence-corrected chi connectivity index (χ1v) is 8.55. The van der Waals surface area contributed by atoms with Gasteiger partial charge in [-0.2, -0.15) is 15.0 Å². The largest absolute Gasteiger partial charge is 0.341 e. The molecule has 1 aromatic rings. The zero-order valence-corrected chi connectivity index (χ0v) is 13.5. The molecule has 0 amide bonds. The van der Waals surface area contributed by atoms with Crippen molar-refractivity contribution < 1.29 is 0 Å². The molecule has 1 atom stereocenters. The van der Waals surface area contributed by atoms with Gasteiger partial charge >= 0.3 is 0 Å². The van der Waals surface area contributed by atoms with E-state index in [0.29, 0.717) is 5.28 Å². The Morgan fingerprint density at radius 2 is 1.52 bits per heavy atom. The highest BCUT2D eigenvalue weighted by atomic mass is 35.5. The number of anilines is 2. The Bertz CT molecular complexity index is 475. The lowest BCUT2D eigenvalue weighted by Crippen LogP contribution is -2.28. The maximum Gasteiger partial charge on any atom is 0.231 e. The molecule has 0 N–H and O–H groups in total. The summed E-state index contributed by atoms with van der Waals surface area (Å²) in [7, 11) is 0. The third-order valence-electron chi connectivity index (χ3n) is 4.68. The van der Waals surface area contributed by atoms with E-state index in [-0.39, 0.29) is 0 Å². The number of halogens is 1. The lowest BCUT2D eigenvalue weighted by molar-refractivity contribution is 0.459.